The summed E-state index contributed by atoms with van der Waals surface area (Å²) in [6.45, 7) is 5.10. The SMILES string of the molecule is C=CC(=O)Nc1cc(Nc2ncc(C#N)c(-c3cn(C4CC4)c4c(C#N)cccc34)n2)c(OC)cc1N(C)CCN(C)C. The third kappa shape index (κ3) is 5.98. The molecule has 11 heteroatoms. The quantitative estimate of drug-likeness (QED) is 0.236. The zero-order valence-electron chi connectivity index (χ0n) is 24.7. The molecular formula is C32H33N9O2. The van der Waals surface area contributed by atoms with Gasteiger partial charge < -0.3 is 29.7 Å². The molecule has 0 radical (unpaired) electrons. The van der Waals surface area contributed by atoms with Gasteiger partial charge in [0.25, 0.3) is 0 Å². The maximum Gasteiger partial charge on any atom is 0.247 e. The third-order valence-corrected chi connectivity index (χ3v) is 7.38. The number of likely N-dealkylation sites (N-methyl/N-ethyl adjacent to an activating group) is 2. The zero-order chi connectivity index (χ0) is 30.7. The molecule has 1 amide bonds. The molecule has 11 nitrogen and oxygen atoms in total. The van der Waals surface area contributed by atoms with E-state index in [0.717, 1.165) is 41.5 Å². The molecule has 0 atom stereocenters. The number of carbonyl (C=O) groups is 1. The van der Waals surface area contributed by atoms with Gasteiger partial charge in [-0.25, -0.2) is 9.97 Å². The van der Waals surface area contributed by atoms with Gasteiger partial charge >= 0.3 is 0 Å². The van der Waals surface area contributed by atoms with Crippen LogP contribution in [0.4, 0.5) is 23.0 Å². The number of nitriles is 2. The summed E-state index contributed by atoms with van der Waals surface area (Å²) in [5.74, 6) is 0.409. The van der Waals surface area contributed by atoms with E-state index in [-0.39, 0.29) is 11.9 Å². The Balaban J connectivity index is 1.58. The highest BCUT2D eigenvalue weighted by atomic mass is 16.5. The van der Waals surface area contributed by atoms with Crippen LogP contribution in [0.2, 0.25) is 0 Å². The highest BCUT2D eigenvalue weighted by Gasteiger charge is 2.28. The van der Waals surface area contributed by atoms with Gasteiger partial charge in [0.15, 0.2) is 0 Å². The first kappa shape index (κ1) is 29.1. The molecule has 0 unspecified atom stereocenters. The summed E-state index contributed by atoms with van der Waals surface area (Å²) in [4.78, 5) is 25.6. The second-order valence-corrected chi connectivity index (χ2v) is 10.7. The van der Waals surface area contributed by atoms with E-state index in [1.165, 1.54) is 12.3 Å². The van der Waals surface area contributed by atoms with Crippen LogP contribution in [0, 0.1) is 22.7 Å². The number of para-hydroxylation sites is 1. The van der Waals surface area contributed by atoms with Gasteiger partial charge in [0, 0.05) is 49.4 Å². The lowest BCUT2D eigenvalue weighted by atomic mass is 10.0. The van der Waals surface area contributed by atoms with E-state index in [1.807, 2.05) is 50.4 Å². The van der Waals surface area contributed by atoms with E-state index < -0.39 is 0 Å². The maximum absolute atomic E-state index is 12.3. The molecule has 43 heavy (non-hydrogen) atoms. The Hall–Kier alpha value is -5.39. The van der Waals surface area contributed by atoms with Crippen molar-refractivity contribution in [2.45, 2.75) is 18.9 Å². The van der Waals surface area contributed by atoms with E-state index in [2.05, 4.69) is 43.8 Å². The van der Waals surface area contributed by atoms with Gasteiger partial charge in [-0.15, -0.1) is 0 Å². The van der Waals surface area contributed by atoms with Crippen molar-refractivity contribution in [3.63, 3.8) is 0 Å². The lowest BCUT2D eigenvalue weighted by Crippen LogP contribution is -2.29. The number of carbonyl (C=O) groups excluding carboxylic acids is 1. The number of fused-ring (bicyclic) bond motifs is 1. The Morgan fingerprint density at radius 1 is 1.16 bits per heavy atom. The summed E-state index contributed by atoms with van der Waals surface area (Å²) in [7, 11) is 7.51. The minimum absolute atomic E-state index is 0.241. The standard InChI is InChI=1S/C32H33N9O2/c1-6-29(42)36-25-14-26(28(43-5)15-27(25)40(4)13-12-39(2)3)37-32-35-18-21(17-34)30(38-32)24-19-41(22-10-11-22)31-20(16-33)8-7-9-23(24)31/h6-9,14-15,18-19,22H,1,10-13H2,2-5H3,(H,36,42)(H,35,37,38). The fraction of sp³-hybridized carbons (Fsp3) is 0.281. The Bertz CT molecular complexity index is 1790. The summed E-state index contributed by atoms with van der Waals surface area (Å²) in [6, 6.07) is 14.0. The first-order valence-electron chi connectivity index (χ1n) is 13.9. The number of methoxy groups -OCH3 is 1. The van der Waals surface area contributed by atoms with E-state index in [4.69, 9.17) is 9.72 Å². The predicted octanol–water partition coefficient (Wildman–Crippen LogP) is 5.05. The number of amides is 1. The van der Waals surface area contributed by atoms with Crippen molar-refractivity contribution in [2.24, 2.45) is 0 Å². The molecule has 0 saturated heterocycles. The minimum Gasteiger partial charge on any atom is -0.494 e. The summed E-state index contributed by atoms with van der Waals surface area (Å²) >= 11 is 0. The lowest BCUT2D eigenvalue weighted by molar-refractivity contribution is -0.111. The van der Waals surface area contributed by atoms with Gasteiger partial charge in [-0.1, -0.05) is 18.7 Å². The highest BCUT2D eigenvalue weighted by Crippen LogP contribution is 2.43. The van der Waals surface area contributed by atoms with Crippen LogP contribution in [0.25, 0.3) is 22.2 Å². The zero-order valence-corrected chi connectivity index (χ0v) is 24.7. The van der Waals surface area contributed by atoms with Crippen LogP contribution in [0.1, 0.15) is 30.0 Å². The van der Waals surface area contributed by atoms with Crippen LogP contribution in [0.15, 0.2) is 55.4 Å². The van der Waals surface area contributed by atoms with E-state index in [9.17, 15) is 15.3 Å². The molecule has 4 aromatic rings. The van der Waals surface area contributed by atoms with Gasteiger partial charge in [-0.05, 0) is 45.1 Å². The van der Waals surface area contributed by atoms with Crippen molar-refractivity contribution >= 4 is 39.8 Å². The summed E-state index contributed by atoms with van der Waals surface area (Å²) in [6.07, 6.45) is 6.76. The van der Waals surface area contributed by atoms with Crippen molar-refractivity contribution in [3.8, 4) is 29.1 Å². The highest BCUT2D eigenvalue weighted by molar-refractivity contribution is 6.02. The smallest absolute Gasteiger partial charge is 0.247 e. The van der Waals surface area contributed by atoms with Crippen molar-refractivity contribution in [2.75, 3.05) is 56.9 Å². The van der Waals surface area contributed by atoms with Crippen molar-refractivity contribution < 1.29 is 9.53 Å². The van der Waals surface area contributed by atoms with Crippen molar-refractivity contribution in [1.29, 1.82) is 10.5 Å². The lowest BCUT2D eigenvalue weighted by Gasteiger charge is -2.26. The van der Waals surface area contributed by atoms with E-state index >= 15 is 0 Å². The monoisotopic (exact) mass is 575 g/mol. The number of benzene rings is 2. The second-order valence-electron chi connectivity index (χ2n) is 10.7. The third-order valence-electron chi connectivity index (χ3n) is 7.38. The number of aromatic nitrogens is 3. The molecule has 5 rings (SSSR count). The molecule has 2 heterocycles. The van der Waals surface area contributed by atoms with Gasteiger partial charge in [0.1, 0.15) is 17.9 Å². The molecular weight excluding hydrogens is 542 g/mol. The Morgan fingerprint density at radius 3 is 2.58 bits per heavy atom. The number of nitrogens with zero attached hydrogens (tertiary/aromatic N) is 7. The number of nitrogens with one attached hydrogen (secondary N) is 2. The van der Waals surface area contributed by atoms with Crippen molar-refractivity contribution in [1.82, 2.24) is 19.4 Å². The van der Waals surface area contributed by atoms with Crippen LogP contribution < -0.4 is 20.3 Å². The van der Waals surface area contributed by atoms with Gasteiger partial charge in [0.2, 0.25) is 11.9 Å². The molecule has 2 N–H and O–H groups in total. The second kappa shape index (κ2) is 12.2. The molecule has 0 spiro atoms. The van der Waals surface area contributed by atoms with Gasteiger partial charge in [-0.3, -0.25) is 4.79 Å². The molecule has 1 saturated carbocycles. The Labute approximate surface area is 250 Å². The number of ether oxygens (including phenoxy) is 1. The molecule has 0 bridgehead atoms. The fourth-order valence-electron chi connectivity index (χ4n) is 4.99. The van der Waals surface area contributed by atoms with Crippen LogP contribution >= 0.6 is 0 Å². The average Bonchev–Trinajstić information content (AvgIpc) is 3.79. The number of hydrogen-bond donors (Lipinski definition) is 2. The molecule has 1 aliphatic carbocycles. The summed E-state index contributed by atoms with van der Waals surface area (Å²) in [5.41, 5.74) is 4.79. The predicted molar refractivity (Wildman–Crippen MR) is 168 cm³/mol. The first-order chi connectivity index (χ1) is 20.8. The number of hydrogen-bond acceptors (Lipinski definition) is 9. The largest absolute Gasteiger partial charge is 0.494 e. The van der Waals surface area contributed by atoms with Crippen LogP contribution in [-0.4, -0.2) is 66.7 Å². The summed E-state index contributed by atoms with van der Waals surface area (Å²) in [5, 5.41) is 26.7. The number of rotatable bonds is 11. The molecule has 0 aliphatic heterocycles. The Morgan fingerprint density at radius 2 is 1.93 bits per heavy atom. The first-order valence-corrected chi connectivity index (χ1v) is 13.9. The summed E-state index contributed by atoms with van der Waals surface area (Å²) < 4.78 is 7.85. The molecule has 2 aromatic carbocycles. The van der Waals surface area contributed by atoms with Gasteiger partial charge in [-0.2, -0.15) is 10.5 Å². The van der Waals surface area contributed by atoms with Crippen LogP contribution in [-0.2, 0) is 4.79 Å². The Kier molecular flexibility index (Phi) is 8.28. The normalized spacial score (nSPS) is 12.4. The van der Waals surface area contributed by atoms with E-state index in [1.54, 1.807) is 19.2 Å². The molecule has 218 valence electrons. The molecule has 2 aromatic heterocycles. The average molecular weight is 576 g/mol. The van der Waals surface area contributed by atoms with Crippen LogP contribution in [0.3, 0.4) is 0 Å². The van der Waals surface area contributed by atoms with Gasteiger partial charge in [0.05, 0.1) is 52.7 Å². The fourth-order valence-corrected chi connectivity index (χ4v) is 4.99. The van der Waals surface area contributed by atoms with Crippen LogP contribution in [0.5, 0.6) is 5.75 Å². The van der Waals surface area contributed by atoms with Crippen molar-refractivity contribution in [3.05, 3.63) is 66.5 Å². The number of anilines is 4. The molecule has 1 fully saturated rings. The maximum atomic E-state index is 12.3. The minimum atomic E-state index is -0.348. The van der Waals surface area contributed by atoms with E-state index in [0.29, 0.717) is 46.5 Å². The molecule has 1 aliphatic rings. The topological polar surface area (TPSA) is 135 Å².